The van der Waals surface area contributed by atoms with E-state index in [0.29, 0.717) is 6.61 Å². The highest BCUT2D eigenvalue weighted by Crippen LogP contribution is 2.27. The number of hydrogen-bond acceptors (Lipinski definition) is 3. The lowest BCUT2D eigenvalue weighted by Crippen LogP contribution is -2.29. The summed E-state index contributed by atoms with van der Waals surface area (Å²) < 4.78 is 11.3. The van der Waals surface area contributed by atoms with Crippen LogP contribution >= 0.6 is 0 Å². The zero-order chi connectivity index (χ0) is 10.5. The van der Waals surface area contributed by atoms with Crippen LogP contribution in [0.4, 0.5) is 0 Å². The van der Waals surface area contributed by atoms with Gasteiger partial charge in [0, 0.05) is 6.61 Å². The molecule has 1 aliphatic carbocycles. The fourth-order valence-electron chi connectivity index (χ4n) is 2.45. The fraction of sp³-hybridized carbons (Fsp3) is 0.917. The van der Waals surface area contributed by atoms with Gasteiger partial charge >= 0.3 is 0 Å². The predicted octanol–water partition coefficient (Wildman–Crippen LogP) is 2.26. The monoisotopic (exact) mass is 209 g/mol. The van der Waals surface area contributed by atoms with Gasteiger partial charge in [0.05, 0.1) is 30.8 Å². The molecule has 15 heavy (non-hydrogen) atoms. The Morgan fingerprint density at radius 3 is 2.80 bits per heavy atom. The standard InChI is InChI=1S/C12H19NO2/c13-8-10-4-1-2-6-12(10)15-9-11-5-3-7-14-11/h10-12H,1-7,9H2. The summed E-state index contributed by atoms with van der Waals surface area (Å²) in [5, 5.41) is 8.99. The van der Waals surface area contributed by atoms with Crippen LogP contribution in [-0.4, -0.2) is 25.4 Å². The van der Waals surface area contributed by atoms with E-state index in [2.05, 4.69) is 6.07 Å². The van der Waals surface area contributed by atoms with Crippen LogP contribution in [-0.2, 0) is 9.47 Å². The molecule has 0 bridgehead atoms. The molecule has 3 nitrogen and oxygen atoms in total. The second kappa shape index (κ2) is 5.48. The van der Waals surface area contributed by atoms with Crippen molar-refractivity contribution in [3.8, 4) is 6.07 Å². The molecular weight excluding hydrogens is 190 g/mol. The zero-order valence-corrected chi connectivity index (χ0v) is 9.15. The minimum absolute atomic E-state index is 0.111. The smallest absolute Gasteiger partial charge is 0.0809 e. The molecule has 3 unspecified atom stereocenters. The first kappa shape index (κ1) is 10.9. The number of rotatable bonds is 3. The summed E-state index contributed by atoms with van der Waals surface area (Å²) in [6.07, 6.45) is 7.15. The first-order valence-electron chi connectivity index (χ1n) is 6.03. The lowest BCUT2D eigenvalue weighted by atomic mass is 9.87. The van der Waals surface area contributed by atoms with Gasteiger partial charge in [0.25, 0.3) is 0 Å². The van der Waals surface area contributed by atoms with Gasteiger partial charge in [-0.2, -0.15) is 5.26 Å². The van der Waals surface area contributed by atoms with E-state index in [1.807, 2.05) is 0 Å². The molecule has 2 fully saturated rings. The highest BCUT2D eigenvalue weighted by atomic mass is 16.5. The van der Waals surface area contributed by atoms with E-state index in [-0.39, 0.29) is 18.1 Å². The maximum atomic E-state index is 8.99. The first-order chi connectivity index (χ1) is 7.40. The Morgan fingerprint density at radius 2 is 2.07 bits per heavy atom. The SMILES string of the molecule is N#CC1CCCCC1OCC1CCCO1. The minimum Gasteiger partial charge on any atom is -0.376 e. The summed E-state index contributed by atoms with van der Waals surface area (Å²) in [5.41, 5.74) is 0. The minimum atomic E-state index is 0.111. The second-order valence-electron chi connectivity index (χ2n) is 4.53. The van der Waals surface area contributed by atoms with Crippen LogP contribution in [0.2, 0.25) is 0 Å². The molecular formula is C12H19NO2. The van der Waals surface area contributed by atoms with Gasteiger partial charge in [-0.3, -0.25) is 0 Å². The van der Waals surface area contributed by atoms with Crippen LogP contribution in [0.3, 0.4) is 0 Å². The summed E-state index contributed by atoms with van der Waals surface area (Å²) in [7, 11) is 0. The van der Waals surface area contributed by atoms with Crippen molar-refractivity contribution < 1.29 is 9.47 Å². The van der Waals surface area contributed by atoms with Gasteiger partial charge in [-0.15, -0.1) is 0 Å². The van der Waals surface area contributed by atoms with Crippen LogP contribution in [0.1, 0.15) is 38.5 Å². The van der Waals surface area contributed by atoms with Crippen LogP contribution < -0.4 is 0 Å². The number of ether oxygens (including phenoxy) is 2. The van der Waals surface area contributed by atoms with Gasteiger partial charge in [0.1, 0.15) is 0 Å². The van der Waals surface area contributed by atoms with Crippen molar-refractivity contribution in [1.29, 1.82) is 5.26 Å². The van der Waals surface area contributed by atoms with Crippen molar-refractivity contribution in [2.24, 2.45) is 5.92 Å². The second-order valence-corrected chi connectivity index (χ2v) is 4.53. The Kier molecular flexibility index (Phi) is 3.99. The molecule has 0 spiro atoms. The molecule has 0 amide bonds. The van der Waals surface area contributed by atoms with E-state index in [9.17, 15) is 0 Å². The van der Waals surface area contributed by atoms with Crippen LogP contribution in [0, 0.1) is 17.2 Å². The third-order valence-corrected chi connectivity index (χ3v) is 3.39. The fourth-order valence-corrected chi connectivity index (χ4v) is 2.45. The Morgan fingerprint density at radius 1 is 1.20 bits per heavy atom. The molecule has 0 aromatic carbocycles. The third-order valence-electron chi connectivity index (χ3n) is 3.39. The van der Waals surface area contributed by atoms with Crippen LogP contribution in [0.15, 0.2) is 0 Å². The highest BCUT2D eigenvalue weighted by molar-refractivity contribution is 4.91. The van der Waals surface area contributed by atoms with E-state index in [0.717, 1.165) is 32.3 Å². The lowest BCUT2D eigenvalue weighted by molar-refractivity contribution is -0.0455. The molecule has 1 aliphatic heterocycles. The summed E-state index contributed by atoms with van der Waals surface area (Å²) in [6, 6.07) is 2.36. The highest BCUT2D eigenvalue weighted by Gasteiger charge is 2.27. The topological polar surface area (TPSA) is 42.2 Å². The molecule has 1 saturated heterocycles. The van der Waals surface area contributed by atoms with Crippen LogP contribution in [0.25, 0.3) is 0 Å². The molecule has 3 atom stereocenters. The van der Waals surface area contributed by atoms with Gasteiger partial charge in [-0.25, -0.2) is 0 Å². The van der Waals surface area contributed by atoms with E-state index in [1.54, 1.807) is 0 Å². The van der Waals surface area contributed by atoms with Crippen molar-refractivity contribution >= 4 is 0 Å². The predicted molar refractivity (Wildman–Crippen MR) is 56.3 cm³/mol. The maximum absolute atomic E-state index is 8.99. The molecule has 0 radical (unpaired) electrons. The molecule has 1 heterocycles. The Bertz CT molecular complexity index is 230. The van der Waals surface area contributed by atoms with E-state index in [1.165, 1.54) is 12.8 Å². The van der Waals surface area contributed by atoms with Gasteiger partial charge < -0.3 is 9.47 Å². The lowest BCUT2D eigenvalue weighted by Gasteiger charge is -2.27. The van der Waals surface area contributed by atoms with Crippen molar-refractivity contribution in [2.75, 3.05) is 13.2 Å². The zero-order valence-electron chi connectivity index (χ0n) is 9.15. The Labute approximate surface area is 91.4 Å². The number of hydrogen-bond donors (Lipinski definition) is 0. The molecule has 2 aliphatic rings. The summed E-state index contributed by atoms with van der Waals surface area (Å²) in [4.78, 5) is 0. The Hall–Kier alpha value is -0.590. The van der Waals surface area contributed by atoms with E-state index < -0.39 is 0 Å². The molecule has 3 heteroatoms. The Balaban J connectivity index is 1.74. The van der Waals surface area contributed by atoms with E-state index >= 15 is 0 Å². The summed E-state index contributed by atoms with van der Waals surface area (Å²) in [5.74, 6) is 0.111. The summed E-state index contributed by atoms with van der Waals surface area (Å²) >= 11 is 0. The van der Waals surface area contributed by atoms with Gasteiger partial charge in [0.2, 0.25) is 0 Å². The molecule has 0 aromatic heterocycles. The van der Waals surface area contributed by atoms with Gasteiger partial charge in [0.15, 0.2) is 0 Å². The molecule has 84 valence electrons. The first-order valence-corrected chi connectivity index (χ1v) is 6.03. The van der Waals surface area contributed by atoms with Crippen molar-refractivity contribution in [3.05, 3.63) is 0 Å². The average molecular weight is 209 g/mol. The van der Waals surface area contributed by atoms with Crippen molar-refractivity contribution in [3.63, 3.8) is 0 Å². The van der Waals surface area contributed by atoms with Crippen molar-refractivity contribution in [2.45, 2.75) is 50.7 Å². The van der Waals surface area contributed by atoms with Gasteiger partial charge in [-0.1, -0.05) is 12.8 Å². The van der Waals surface area contributed by atoms with E-state index in [4.69, 9.17) is 14.7 Å². The summed E-state index contributed by atoms with van der Waals surface area (Å²) in [6.45, 7) is 1.56. The molecule has 0 aromatic rings. The third kappa shape index (κ3) is 2.93. The molecule has 1 saturated carbocycles. The normalized spacial score (nSPS) is 36.3. The van der Waals surface area contributed by atoms with Crippen LogP contribution in [0.5, 0.6) is 0 Å². The number of nitriles is 1. The average Bonchev–Trinajstić information content (AvgIpc) is 2.79. The van der Waals surface area contributed by atoms with Crippen molar-refractivity contribution in [1.82, 2.24) is 0 Å². The molecule has 2 rings (SSSR count). The van der Waals surface area contributed by atoms with Gasteiger partial charge in [-0.05, 0) is 25.7 Å². The number of nitrogens with zero attached hydrogens (tertiary/aromatic N) is 1. The largest absolute Gasteiger partial charge is 0.376 e. The maximum Gasteiger partial charge on any atom is 0.0809 e. The molecule has 0 N–H and O–H groups in total. The quantitative estimate of drug-likeness (QED) is 0.716.